The molecule has 0 aromatic carbocycles. The second kappa shape index (κ2) is 7.86. The number of nitrogens with zero attached hydrogens (tertiary/aromatic N) is 2. The first-order chi connectivity index (χ1) is 11.6. The number of carboxylic acid groups (broad SMARTS) is 1. The van der Waals surface area contributed by atoms with Gasteiger partial charge in [0, 0.05) is 38.1 Å². The number of hydrogen-bond donors (Lipinski definition) is 5. The zero-order valence-corrected chi connectivity index (χ0v) is 14.9. The standard InChI is InChI=1S/C13H27BN4O6S/c15-11-3-6-17(7-4-11)25(23,24)18-8-10(2-1-5-14(21)22)13(16,9-18)12(19)20/h10-11,21-22H,1-9,15-16H2,(H,19,20)/t10-,13-/m0/s1. The van der Waals surface area contributed by atoms with Gasteiger partial charge in [0.05, 0.1) is 0 Å². The molecule has 0 aliphatic carbocycles. The third-order valence-corrected chi connectivity index (χ3v) is 7.10. The van der Waals surface area contributed by atoms with Gasteiger partial charge in [-0.2, -0.15) is 17.0 Å². The molecule has 0 radical (unpaired) electrons. The highest BCUT2D eigenvalue weighted by Crippen LogP contribution is 2.33. The number of nitrogens with two attached hydrogens (primary N) is 2. The fourth-order valence-corrected chi connectivity index (χ4v) is 5.22. The molecule has 0 aromatic heterocycles. The lowest BCUT2D eigenvalue weighted by molar-refractivity contribution is -0.144. The van der Waals surface area contributed by atoms with Crippen molar-refractivity contribution in [1.29, 1.82) is 0 Å². The number of carbonyl (C=O) groups is 1. The molecular formula is C13H27BN4O6S. The van der Waals surface area contributed by atoms with Crippen LogP contribution in [0.25, 0.3) is 0 Å². The van der Waals surface area contributed by atoms with Gasteiger partial charge in [0.25, 0.3) is 10.2 Å². The molecule has 2 rings (SSSR count). The number of rotatable bonds is 7. The first-order valence-corrected chi connectivity index (χ1v) is 9.86. The highest BCUT2D eigenvalue weighted by Gasteiger charge is 2.53. The lowest BCUT2D eigenvalue weighted by Crippen LogP contribution is -2.56. The molecule has 0 aromatic rings. The summed E-state index contributed by atoms with van der Waals surface area (Å²) in [5, 5.41) is 27.4. The van der Waals surface area contributed by atoms with Crippen LogP contribution in [0.15, 0.2) is 0 Å². The molecule has 12 heteroatoms. The summed E-state index contributed by atoms with van der Waals surface area (Å²) in [5.41, 5.74) is 10.2. The Balaban J connectivity index is 2.10. The van der Waals surface area contributed by atoms with Gasteiger partial charge in [-0.05, 0) is 25.6 Å². The lowest BCUT2D eigenvalue weighted by Gasteiger charge is -2.32. The Morgan fingerprint density at radius 1 is 1.24 bits per heavy atom. The van der Waals surface area contributed by atoms with E-state index in [2.05, 4.69) is 0 Å². The normalized spacial score (nSPS) is 29.8. The number of aliphatic carboxylic acids is 1. The molecule has 2 heterocycles. The van der Waals surface area contributed by atoms with Gasteiger partial charge in [-0.25, -0.2) is 0 Å². The summed E-state index contributed by atoms with van der Waals surface area (Å²) in [6, 6.07) is -0.0182. The third kappa shape index (κ3) is 4.51. The molecule has 7 N–H and O–H groups in total. The maximum Gasteiger partial charge on any atom is 0.451 e. The van der Waals surface area contributed by atoms with E-state index in [1.54, 1.807) is 0 Å². The van der Waals surface area contributed by atoms with E-state index < -0.39 is 34.8 Å². The Hall–Kier alpha value is -0.755. The summed E-state index contributed by atoms with van der Waals surface area (Å²) in [6.07, 6.45) is 1.87. The van der Waals surface area contributed by atoms with Crippen LogP contribution >= 0.6 is 0 Å². The van der Waals surface area contributed by atoms with Crippen LogP contribution in [0.4, 0.5) is 0 Å². The second-order valence-electron chi connectivity index (χ2n) is 6.99. The van der Waals surface area contributed by atoms with Crippen LogP contribution in [0.1, 0.15) is 25.7 Å². The molecule has 0 amide bonds. The van der Waals surface area contributed by atoms with Crippen LogP contribution in [0, 0.1) is 5.92 Å². The van der Waals surface area contributed by atoms with Gasteiger partial charge in [0.15, 0.2) is 0 Å². The van der Waals surface area contributed by atoms with Gasteiger partial charge >= 0.3 is 13.1 Å². The van der Waals surface area contributed by atoms with Crippen molar-refractivity contribution in [2.45, 2.75) is 43.6 Å². The zero-order valence-electron chi connectivity index (χ0n) is 14.1. The van der Waals surface area contributed by atoms with Crippen LogP contribution < -0.4 is 11.5 Å². The predicted octanol–water partition coefficient (Wildman–Crippen LogP) is -2.38. The van der Waals surface area contributed by atoms with Gasteiger partial charge in [0.2, 0.25) is 0 Å². The minimum absolute atomic E-state index is 0.00914. The van der Waals surface area contributed by atoms with Crippen LogP contribution in [0.5, 0.6) is 0 Å². The minimum Gasteiger partial charge on any atom is -0.480 e. The van der Waals surface area contributed by atoms with E-state index in [9.17, 15) is 18.3 Å². The van der Waals surface area contributed by atoms with Crippen molar-refractivity contribution in [3.63, 3.8) is 0 Å². The summed E-state index contributed by atoms with van der Waals surface area (Å²) < 4.78 is 28.1. The number of piperidine rings is 1. The fourth-order valence-electron chi connectivity index (χ4n) is 3.48. The summed E-state index contributed by atoms with van der Waals surface area (Å²) in [4.78, 5) is 11.6. The third-order valence-electron chi connectivity index (χ3n) is 5.15. The lowest BCUT2D eigenvalue weighted by atomic mass is 9.78. The van der Waals surface area contributed by atoms with Crippen molar-refractivity contribution in [3.8, 4) is 0 Å². The molecule has 25 heavy (non-hydrogen) atoms. The van der Waals surface area contributed by atoms with Gasteiger partial charge in [0.1, 0.15) is 5.54 Å². The van der Waals surface area contributed by atoms with Crippen molar-refractivity contribution >= 4 is 23.3 Å². The SMILES string of the molecule is NC1CCN(S(=O)(=O)N2C[C@H](CCCB(O)O)[C@](N)(C(=O)O)C2)CC1. The van der Waals surface area contributed by atoms with E-state index in [1.807, 2.05) is 0 Å². The van der Waals surface area contributed by atoms with Crippen LogP contribution in [0.3, 0.4) is 0 Å². The van der Waals surface area contributed by atoms with E-state index >= 15 is 0 Å². The topological polar surface area (TPSA) is 170 Å². The highest BCUT2D eigenvalue weighted by molar-refractivity contribution is 7.86. The number of carboxylic acids is 1. The summed E-state index contributed by atoms with van der Waals surface area (Å²) in [5.74, 6) is -1.84. The molecule has 2 aliphatic rings. The van der Waals surface area contributed by atoms with Crippen LogP contribution in [-0.4, -0.2) is 83.0 Å². The van der Waals surface area contributed by atoms with E-state index in [1.165, 1.54) is 4.31 Å². The predicted molar refractivity (Wildman–Crippen MR) is 91.6 cm³/mol. The molecule has 2 saturated heterocycles. The Labute approximate surface area is 148 Å². The van der Waals surface area contributed by atoms with Gasteiger partial charge in [-0.3, -0.25) is 4.79 Å². The molecule has 2 atom stereocenters. The zero-order chi connectivity index (χ0) is 18.8. The average molecular weight is 378 g/mol. The maximum atomic E-state index is 12.8. The highest BCUT2D eigenvalue weighted by atomic mass is 32.2. The minimum atomic E-state index is -3.80. The molecule has 0 unspecified atom stereocenters. The van der Waals surface area contributed by atoms with Crippen LogP contribution in [-0.2, 0) is 15.0 Å². The molecular weight excluding hydrogens is 351 g/mol. The molecule has 0 spiro atoms. The summed E-state index contributed by atoms with van der Waals surface area (Å²) in [7, 11) is -5.27. The molecule has 144 valence electrons. The van der Waals surface area contributed by atoms with Gasteiger partial charge in [-0.1, -0.05) is 6.42 Å². The van der Waals surface area contributed by atoms with Crippen molar-refractivity contribution < 1.29 is 28.4 Å². The maximum absolute atomic E-state index is 12.8. The van der Waals surface area contributed by atoms with E-state index in [0.29, 0.717) is 38.8 Å². The molecule has 2 fully saturated rings. The first-order valence-electron chi connectivity index (χ1n) is 8.46. The molecule has 2 aliphatic heterocycles. The monoisotopic (exact) mass is 378 g/mol. The average Bonchev–Trinajstić information content (AvgIpc) is 2.87. The Kier molecular flexibility index (Phi) is 6.47. The Morgan fingerprint density at radius 2 is 1.84 bits per heavy atom. The Bertz CT molecular complexity index is 583. The van der Waals surface area contributed by atoms with Crippen molar-refractivity contribution in [2.75, 3.05) is 26.2 Å². The van der Waals surface area contributed by atoms with Crippen molar-refractivity contribution in [1.82, 2.24) is 8.61 Å². The summed E-state index contributed by atoms with van der Waals surface area (Å²) in [6.45, 7) is 0.340. The van der Waals surface area contributed by atoms with Gasteiger partial charge < -0.3 is 26.6 Å². The number of hydrogen-bond acceptors (Lipinski definition) is 7. The van der Waals surface area contributed by atoms with Crippen LogP contribution in [0.2, 0.25) is 6.32 Å². The first kappa shape index (κ1) is 20.6. The second-order valence-corrected chi connectivity index (χ2v) is 8.92. The van der Waals surface area contributed by atoms with Gasteiger partial charge in [-0.15, -0.1) is 0 Å². The van der Waals surface area contributed by atoms with Crippen molar-refractivity contribution in [3.05, 3.63) is 0 Å². The fraction of sp³-hybridized carbons (Fsp3) is 0.923. The van der Waals surface area contributed by atoms with Crippen molar-refractivity contribution in [2.24, 2.45) is 17.4 Å². The Morgan fingerprint density at radius 3 is 2.36 bits per heavy atom. The van der Waals surface area contributed by atoms with E-state index in [0.717, 1.165) is 4.31 Å². The summed E-state index contributed by atoms with van der Waals surface area (Å²) >= 11 is 0. The smallest absolute Gasteiger partial charge is 0.451 e. The van der Waals surface area contributed by atoms with E-state index in [-0.39, 0.29) is 25.5 Å². The molecule has 10 nitrogen and oxygen atoms in total. The molecule has 0 bridgehead atoms. The quantitative estimate of drug-likeness (QED) is 0.306. The molecule has 0 saturated carbocycles. The largest absolute Gasteiger partial charge is 0.480 e. The van der Waals surface area contributed by atoms with E-state index in [4.69, 9.17) is 21.5 Å².